The van der Waals surface area contributed by atoms with Crippen LogP contribution in [0.5, 0.6) is 0 Å². The van der Waals surface area contributed by atoms with Gasteiger partial charge in [0.2, 0.25) is 0 Å². The van der Waals surface area contributed by atoms with Crippen LogP contribution >= 0.6 is 0 Å². The molecule has 1 N–H and O–H groups in total. The second-order valence-electron chi connectivity index (χ2n) is 3.93. The third-order valence-electron chi connectivity index (χ3n) is 3.31. The molecule has 1 atom stereocenters. The summed E-state index contributed by atoms with van der Waals surface area (Å²) in [4.78, 5) is 0. The van der Waals surface area contributed by atoms with Crippen molar-refractivity contribution in [2.75, 3.05) is 13.1 Å². The van der Waals surface area contributed by atoms with Crippen LogP contribution in [0.1, 0.15) is 25.3 Å². The number of benzene rings is 1. The average molecular weight is 175 g/mol. The summed E-state index contributed by atoms with van der Waals surface area (Å²) >= 11 is 0. The fourth-order valence-electron chi connectivity index (χ4n) is 2.29. The molecule has 0 saturated carbocycles. The van der Waals surface area contributed by atoms with Crippen molar-refractivity contribution in [3.05, 3.63) is 35.9 Å². The number of rotatable bonds is 2. The third kappa shape index (κ3) is 1.49. The van der Waals surface area contributed by atoms with E-state index in [0.29, 0.717) is 5.41 Å². The van der Waals surface area contributed by atoms with Crippen LogP contribution in [0, 0.1) is 0 Å². The highest BCUT2D eigenvalue weighted by atomic mass is 14.9. The molecule has 1 aromatic rings. The molecule has 1 heteroatoms. The molecule has 0 aromatic heterocycles. The molecule has 2 rings (SSSR count). The standard InChI is InChI=1S/C12H17N/c1-2-12(8-9-13-10-12)11-6-4-3-5-7-11/h3-7,13H,2,8-10H2,1H3. The van der Waals surface area contributed by atoms with Gasteiger partial charge in [-0.2, -0.15) is 0 Å². The molecule has 1 aliphatic rings. The number of hydrogen-bond acceptors (Lipinski definition) is 1. The van der Waals surface area contributed by atoms with E-state index >= 15 is 0 Å². The van der Waals surface area contributed by atoms with E-state index in [2.05, 4.69) is 42.6 Å². The van der Waals surface area contributed by atoms with Crippen molar-refractivity contribution in [1.29, 1.82) is 0 Å². The smallest absolute Gasteiger partial charge is 0.00872 e. The molecule has 1 fully saturated rings. The van der Waals surface area contributed by atoms with Crippen molar-refractivity contribution in [3.8, 4) is 0 Å². The topological polar surface area (TPSA) is 12.0 Å². The first-order valence-electron chi connectivity index (χ1n) is 5.14. The Labute approximate surface area is 80.2 Å². The quantitative estimate of drug-likeness (QED) is 0.727. The van der Waals surface area contributed by atoms with Crippen molar-refractivity contribution >= 4 is 0 Å². The summed E-state index contributed by atoms with van der Waals surface area (Å²) in [7, 11) is 0. The summed E-state index contributed by atoms with van der Waals surface area (Å²) in [5.41, 5.74) is 1.92. The van der Waals surface area contributed by atoms with Gasteiger partial charge in [-0.25, -0.2) is 0 Å². The van der Waals surface area contributed by atoms with E-state index in [0.717, 1.165) is 6.54 Å². The van der Waals surface area contributed by atoms with Gasteiger partial charge in [-0.3, -0.25) is 0 Å². The van der Waals surface area contributed by atoms with Crippen molar-refractivity contribution in [1.82, 2.24) is 5.32 Å². The molecule has 1 nitrogen and oxygen atoms in total. The first kappa shape index (κ1) is 8.76. The second kappa shape index (κ2) is 3.51. The lowest BCUT2D eigenvalue weighted by molar-refractivity contribution is 0.454. The van der Waals surface area contributed by atoms with Crippen molar-refractivity contribution in [3.63, 3.8) is 0 Å². The molecule has 0 aliphatic carbocycles. The maximum Gasteiger partial charge on any atom is 0.00872 e. The van der Waals surface area contributed by atoms with Gasteiger partial charge in [0.1, 0.15) is 0 Å². The van der Waals surface area contributed by atoms with Gasteiger partial charge in [0.15, 0.2) is 0 Å². The monoisotopic (exact) mass is 175 g/mol. The van der Waals surface area contributed by atoms with Gasteiger partial charge in [-0.05, 0) is 24.9 Å². The Morgan fingerprint density at radius 2 is 2.08 bits per heavy atom. The zero-order valence-corrected chi connectivity index (χ0v) is 8.22. The van der Waals surface area contributed by atoms with Gasteiger partial charge in [0.25, 0.3) is 0 Å². The molecule has 1 aliphatic heterocycles. The SMILES string of the molecule is CCC1(c2ccccc2)CCNC1. The summed E-state index contributed by atoms with van der Waals surface area (Å²) < 4.78 is 0. The van der Waals surface area contributed by atoms with Crippen LogP contribution in [0.4, 0.5) is 0 Å². The van der Waals surface area contributed by atoms with E-state index < -0.39 is 0 Å². The van der Waals surface area contributed by atoms with Crippen LogP contribution in [0.3, 0.4) is 0 Å². The minimum absolute atomic E-state index is 0.418. The maximum atomic E-state index is 3.46. The zero-order valence-electron chi connectivity index (χ0n) is 8.22. The Balaban J connectivity index is 2.31. The van der Waals surface area contributed by atoms with E-state index in [1.807, 2.05) is 0 Å². The fourth-order valence-corrected chi connectivity index (χ4v) is 2.29. The van der Waals surface area contributed by atoms with Crippen LogP contribution in [-0.4, -0.2) is 13.1 Å². The lowest BCUT2D eigenvalue weighted by atomic mass is 9.77. The van der Waals surface area contributed by atoms with Gasteiger partial charge < -0.3 is 5.32 Å². The molecule has 70 valence electrons. The van der Waals surface area contributed by atoms with Crippen molar-refractivity contribution in [2.45, 2.75) is 25.2 Å². The van der Waals surface area contributed by atoms with E-state index in [4.69, 9.17) is 0 Å². The molecular weight excluding hydrogens is 158 g/mol. The van der Waals surface area contributed by atoms with E-state index in [-0.39, 0.29) is 0 Å². The summed E-state index contributed by atoms with van der Waals surface area (Å²) in [6.45, 7) is 4.61. The molecule has 1 unspecified atom stereocenters. The van der Waals surface area contributed by atoms with Gasteiger partial charge in [-0.15, -0.1) is 0 Å². The highest BCUT2D eigenvalue weighted by Crippen LogP contribution is 2.33. The lowest BCUT2D eigenvalue weighted by Gasteiger charge is -2.27. The zero-order chi connectivity index (χ0) is 9.15. The molecule has 1 aromatic carbocycles. The summed E-state index contributed by atoms with van der Waals surface area (Å²) in [5, 5.41) is 3.46. The Morgan fingerprint density at radius 1 is 1.31 bits per heavy atom. The Bertz CT molecular complexity index is 260. The fraction of sp³-hybridized carbons (Fsp3) is 0.500. The second-order valence-corrected chi connectivity index (χ2v) is 3.93. The normalized spacial score (nSPS) is 27.8. The van der Waals surface area contributed by atoms with E-state index in [1.165, 1.54) is 24.9 Å². The number of nitrogens with one attached hydrogen (secondary N) is 1. The highest BCUT2D eigenvalue weighted by Gasteiger charge is 2.33. The van der Waals surface area contributed by atoms with Crippen LogP contribution in [0.15, 0.2) is 30.3 Å². The predicted molar refractivity (Wildman–Crippen MR) is 55.9 cm³/mol. The van der Waals surface area contributed by atoms with Gasteiger partial charge >= 0.3 is 0 Å². The predicted octanol–water partition coefficient (Wildman–Crippen LogP) is 2.33. The van der Waals surface area contributed by atoms with Gasteiger partial charge in [0.05, 0.1) is 0 Å². The lowest BCUT2D eigenvalue weighted by Crippen LogP contribution is -2.27. The average Bonchev–Trinajstić information content (AvgIpc) is 2.69. The molecule has 13 heavy (non-hydrogen) atoms. The summed E-state index contributed by atoms with van der Waals surface area (Å²) in [6.07, 6.45) is 2.53. The van der Waals surface area contributed by atoms with Gasteiger partial charge in [0, 0.05) is 12.0 Å². The minimum atomic E-state index is 0.418. The third-order valence-corrected chi connectivity index (χ3v) is 3.31. The van der Waals surface area contributed by atoms with Crippen LogP contribution in [0.2, 0.25) is 0 Å². The van der Waals surface area contributed by atoms with Crippen LogP contribution in [-0.2, 0) is 5.41 Å². The Hall–Kier alpha value is -0.820. The first-order chi connectivity index (χ1) is 6.37. The van der Waals surface area contributed by atoms with Gasteiger partial charge in [-0.1, -0.05) is 37.3 Å². The first-order valence-corrected chi connectivity index (χ1v) is 5.14. The van der Waals surface area contributed by atoms with Crippen molar-refractivity contribution in [2.24, 2.45) is 0 Å². The molecular formula is C12H17N. The molecule has 1 heterocycles. The molecule has 0 amide bonds. The number of hydrogen-bond donors (Lipinski definition) is 1. The molecule has 1 saturated heterocycles. The highest BCUT2D eigenvalue weighted by molar-refractivity contribution is 5.27. The molecule has 0 bridgehead atoms. The largest absolute Gasteiger partial charge is 0.316 e. The molecule has 0 radical (unpaired) electrons. The summed E-state index contributed by atoms with van der Waals surface area (Å²) in [6, 6.07) is 10.9. The Morgan fingerprint density at radius 3 is 2.62 bits per heavy atom. The minimum Gasteiger partial charge on any atom is -0.316 e. The van der Waals surface area contributed by atoms with Crippen LogP contribution in [0.25, 0.3) is 0 Å². The van der Waals surface area contributed by atoms with Crippen LogP contribution < -0.4 is 5.32 Å². The Kier molecular flexibility index (Phi) is 2.36. The maximum absolute atomic E-state index is 3.46. The van der Waals surface area contributed by atoms with E-state index in [1.54, 1.807) is 0 Å². The molecule has 0 spiro atoms. The van der Waals surface area contributed by atoms with Crippen molar-refractivity contribution < 1.29 is 0 Å². The summed E-state index contributed by atoms with van der Waals surface area (Å²) in [5.74, 6) is 0. The van der Waals surface area contributed by atoms with E-state index in [9.17, 15) is 0 Å².